The minimum atomic E-state index is -0.657. The first-order valence-corrected chi connectivity index (χ1v) is 16.0. The molecule has 1 aromatic carbocycles. The van der Waals surface area contributed by atoms with Crippen molar-refractivity contribution in [1.82, 2.24) is 25.8 Å². The van der Waals surface area contributed by atoms with E-state index in [2.05, 4.69) is 20.9 Å². The lowest BCUT2D eigenvalue weighted by Gasteiger charge is -2.36. The average molecular weight is 600 g/mol. The topological polar surface area (TPSA) is 120 Å². The van der Waals surface area contributed by atoms with Gasteiger partial charge in [-0.3, -0.25) is 14.4 Å². The summed E-state index contributed by atoms with van der Waals surface area (Å²) in [7, 11) is 2.04. The second kappa shape index (κ2) is 16.1. The lowest BCUT2D eigenvalue weighted by Crippen LogP contribution is -2.55. The summed E-state index contributed by atoms with van der Waals surface area (Å²) < 4.78 is 5.46. The molecule has 43 heavy (non-hydrogen) atoms. The van der Waals surface area contributed by atoms with E-state index >= 15 is 0 Å². The van der Waals surface area contributed by atoms with E-state index in [1.807, 2.05) is 43.1 Å². The van der Waals surface area contributed by atoms with Crippen molar-refractivity contribution in [3.05, 3.63) is 35.4 Å². The van der Waals surface area contributed by atoms with Crippen LogP contribution in [0.5, 0.6) is 0 Å². The van der Waals surface area contributed by atoms with Gasteiger partial charge in [-0.05, 0) is 57.7 Å². The smallest absolute Gasteiger partial charge is 0.408 e. The first-order chi connectivity index (χ1) is 20.4. The van der Waals surface area contributed by atoms with E-state index in [9.17, 15) is 19.2 Å². The molecule has 1 saturated carbocycles. The van der Waals surface area contributed by atoms with Gasteiger partial charge in [0.25, 0.3) is 0 Å². The Bertz CT molecular complexity index is 1070. The number of nitrogens with zero attached hydrogens (tertiary/aromatic N) is 2. The molecule has 1 unspecified atom stereocenters. The first kappa shape index (κ1) is 34.4. The molecular formula is C33H53N5O5. The van der Waals surface area contributed by atoms with E-state index in [0.29, 0.717) is 26.1 Å². The highest BCUT2D eigenvalue weighted by Gasteiger charge is 2.33. The van der Waals surface area contributed by atoms with E-state index in [1.54, 1.807) is 27.7 Å². The summed E-state index contributed by atoms with van der Waals surface area (Å²) >= 11 is 0. The van der Waals surface area contributed by atoms with Crippen molar-refractivity contribution in [2.75, 3.05) is 33.2 Å². The largest absolute Gasteiger partial charge is 0.444 e. The minimum Gasteiger partial charge on any atom is -0.444 e. The fraction of sp³-hybridized carbons (Fsp3) is 0.697. The maximum absolute atomic E-state index is 13.5. The molecule has 0 bridgehead atoms. The molecule has 0 spiro atoms. The molecule has 3 N–H and O–H groups in total. The second-order valence-electron chi connectivity index (χ2n) is 13.2. The van der Waals surface area contributed by atoms with Crippen molar-refractivity contribution in [1.29, 1.82) is 0 Å². The maximum Gasteiger partial charge on any atom is 0.408 e. The number of ether oxygens (including phenoxy) is 1. The zero-order chi connectivity index (χ0) is 31.6. The van der Waals surface area contributed by atoms with Crippen LogP contribution >= 0.6 is 0 Å². The molecule has 10 nitrogen and oxygen atoms in total. The van der Waals surface area contributed by atoms with Crippen molar-refractivity contribution in [3.8, 4) is 0 Å². The van der Waals surface area contributed by atoms with Crippen LogP contribution in [0.4, 0.5) is 4.79 Å². The van der Waals surface area contributed by atoms with Gasteiger partial charge in [0.2, 0.25) is 17.7 Å². The van der Waals surface area contributed by atoms with Crippen LogP contribution in [0.2, 0.25) is 0 Å². The number of carbonyl (C=O) groups excluding carboxylic acids is 4. The van der Waals surface area contributed by atoms with E-state index in [-0.39, 0.29) is 29.6 Å². The first-order valence-electron chi connectivity index (χ1n) is 16.0. The Morgan fingerprint density at radius 3 is 2.09 bits per heavy atom. The Kier molecular flexibility index (Phi) is 12.8. The van der Waals surface area contributed by atoms with Crippen LogP contribution in [0, 0.1) is 5.92 Å². The average Bonchev–Trinajstić information content (AvgIpc) is 3.26. The van der Waals surface area contributed by atoms with Crippen LogP contribution in [0.25, 0.3) is 0 Å². The molecule has 240 valence electrons. The van der Waals surface area contributed by atoms with E-state index in [4.69, 9.17) is 4.74 Å². The van der Waals surface area contributed by atoms with Crippen molar-refractivity contribution >= 4 is 23.8 Å². The Morgan fingerprint density at radius 2 is 1.53 bits per heavy atom. The molecule has 1 aliphatic carbocycles. The number of carbonyl (C=O) groups is 4. The maximum atomic E-state index is 13.5. The number of nitrogens with one attached hydrogen (secondary N) is 3. The number of hydrogen-bond donors (Lipinski definition) is 3. The standard InChI is InChI=1S/C33H53N5O5/c1-7-27(39)35-28(31(41)38-20-18-37(6)19-21-38)23(2)25-16-14-24(15-17-25)22-34-30(40)29(26-12-10-8-9-11-13-26)36-32(42)43-33(3,4)5/h14-17,23,26,28-29H,7-13,18-22H2,1-6H3,(H,34,40)(H,35,39)(H,36,42)/t23-,28+,29?/m0/s1. The number of rotatable bonds is 10. The predicted molar refractivity (Wildman–Crippen MR) is 167 cm³/mol. The summed E-state index contributed by atoms with van der Waals surface area (Å²) in [4.78, 5) is 55.9. The molecule has 0 aromatic heterocycles. The molecule has 1 aromatic rings. The number of likely N-dealkylation sites (N-methyl/N-ethyl adjacent to an activating group) is 1. The SMILES string of the molecule is CCC(=O)N[C@@H](C(=O)N1CCN(C)CC1)[C@@H](C)c1ccc(CNC(=O)C(NC(=O)OC(C)(C)C)C2CCCCCC2)cc1. The van der Waals surface area contributed by atoms with Crippen molar-refractivity contribution < 1.29 is 23.9 Å². The highest BCUT2D eigenvalue weighted by Crippen LogP contribution is 2.27. The Morgan fingerprint density at radius 1 is 0.930 bits per heavy atom. The van der Waals surface area contributed by atoms with Crippen molar-refractivity contribution in [2.45, 2.75) is 110 Å². The van der Waals surface area contributed by atoms with E-state index in [1.165, 1.54) is 0 Å². The molecule has 2 aliphatic rings. The van der Waals surface area contributed by atoms with Gasteiger partial charge in [-0.25, -0.2) is 4.79 Å². The number of amides is 4. The number of hydrogen-bond acceptors (Lipinski definition) is 6. The summed E-state index contributed by atoms with van der Waals surface area (Å²) in [6.45, 7) is 12.4. The normalized spacial score (nSPS) is 19.0. The minimum absolute atomic E-state index is 0.0548. The summed E-state index contributed by atoms with van der Waals surface area (Å²) in [5.41, 5.74) is 1.18. The molecule has 10 heteroatoms. The second-order valence-corrected chi connectivity index (χ2v) is 13.2. The van der Waals surface area contributed by atoms with Gasteiger partial charge in [-0.1, -0.05) is 63.8 Å². The molecule has 3 atom stereocenters. The Labute approximate surface area is 257 Å². The Hall–Kier alpha value is -3.14. The molecular weight excluding hydrogens is 546 g/mol. The van der Waals surface area contributed by atoms with Crippen LogP contribution in [0.1, 0.15) is 96.6 Å². The molecule has 1 aliphatic heterocycles. The number of piperazine rings is 1. The van der Waals surface area contributed by atoms with Gasteiger partial charge >= 0.3 is 6.09 Å². The zero-order valence-corrected chi connectivity index (χ0v) is 27.0. The van der Waals surface area contributed by atoms with Crippen molar-refractivity contribution in [2.24, 2.45) is 5.92 Å². The third-order valence-corrected chi connectivity index (χ3v) is 8.52. The molecule has 4 amide bonds. The third kappa shape index (κ3) is 10.8. The summed E-state index contributed by atoms with van der Waals surface area (Å²) in [6, 6.07) is 6.48. The molecule has 0 radical (unpaired) electrons. The van der Waals surface area contributed by atoms with Crippen LogP contribution < -0.4 is 16.0 Å². The zero-order valence-electron chi connectivity index (χ0n) is 27.0. The van der Waals surface area contributed by atoms with Crippen LogP contribution in [0.3, 0.4) is 0 Å². The number of alkyl carbamates (subject to hydrolysis) is 1. The van der Waals surface area contributed by atoms with Crippen LogP contribution in [-0.2, 0) is 25.7 Å². The lowest BCUT2D eigenvalue weighted by atomic mass is 9.90. The fourth-order valence-electron chi connectivity index (χ4n) is 5.81. The molecule has 2 fully saturated rings. The molecule has 1 heterocycles. The van der Waals surface area contributed by atoms with E-state index < -0.39 is 23.8 Å². The summed E-state index contributed by atoms with van der Waals surface area (Å²) in [6.07, 6.45) is 5.89. The Balaban J connectivity index is 1.67. The molecule has 1 saturated heterocycles. The van der Waals surface area contributed by atoms with Gasteiger partial charge < -0.3 is 30.5 Å². The predicted octanol–water partition coefficient (Wildman–Crippen LogP) is 3.94. The van der Waals surface area contributed by atoms with Crippen molar-refractivity contribution in [3.63, 3.8) is 0 Å². The van der Waals surface area contributed by atoms with Gasteiger partial charge in [-0.2, -0.15) is 0 Å². The summed E-state index contributed by atoms with van der Waals surface area (Å²) in [5, 5.41) is 8.84. The highest BCUT2D eigenvalue weighted by molar-refractivity contribution is 5.88. The highest BCUT2D eigenvalue weighted by atomic mass is 16.6. The summed E-state index contributed by atoms with van der Waals surface area (Å²) in [5.74, 6) is -0.590. The van der Waals surface area contributed by atoms with E-state index in [0.717, 1.165) is 62.7 Å². The van der Waals surface area contributed by atoms with Crippen LogP contribution in [-0.4, -0.2) is 84.5 Å². The third-order valence-electron chi connectivity index (χ3n) is 8.52. The quantitative estimate of drug-likeness (QED) is 0.351. The fourth-order valence-corrected chi connectivity index (χ4v) is 5.81. The number of benzene rings is 1. The van der Waals surface area contributed by atoms with Gasteiger partial charge in [0.05, 0.1) is 0 Å². The monoisotopic (exact) mass is 599 g/mol. The van der Waals surface area contributed by atoms with Gasteiger partial charge in [0.1, 0.15) is 17.7 Å². The lowest BCUT2D eigenvalue weighted by molar-refractivity contribution is -0.138. The molecule has 3 rings (SSSR count). The van der Waals surface area contributed by atoms with Crippen LogP contribution in [0.15, 0.2) is 24.3 Å². The van der Waals surface area contributed by atoms with Gasteiger partial charge in [0, 0.05) is 45.1 Å². The van der Waals surface area contributed by atoms with Gasteiger partial charge in [0.15, 0.2) is 0 Å². The van der Waals surface area contributed by atoms with Gasteiger partial charge in [-0.15, -0.1) is 0 Å².